The maximum atomic E-state index is 12.6. The topological polar surface area (TPSA) is 100 Å². The van der Waals surface area contributed by atoms with Gasteiger partial charge < -0.3 is 16.0 Å². The number of aliphatic imine (C=N–C) groups is 2. The molecule has 1 aliphatic heterocycles. The van der Waals surface area contributed by atoms with Crippen LogP contribution in [0.1, 0.15) is 22.3 Å². The summed E-state index contributed by atoms with van der Waals surface area (Å²) in [6.07, 6.45) is 1.05. The zero-order valence-electron chi connectivity index (χ0n) is 16.3. The van der Waals surface area contributed by atoms with Crippen LogP contribution >= 0.6 is 0 Å². The summed E-state index contributed by atoms with van der Waals surface area (Å²) in [5, 5.41) is 2.74. The van der Waals surface area contributed by atoms with E-state index in [4.69, 9.17) is 5.73 Å². The van der Waals surface area contributed by atoms with Gasteiger partial charge in [-0.3, -0.25) is 14.6 Å². The fourth-order valence-electron chi connectivity index (χ4n) is 2.75. The molecule has 3 rings (SSSR count). The van der Waals surface area contributed by atoms with Gasteiger partial charge >= 0.3 is 0 Å². The standard InChI is InChI=1S/C22H23N5O2/c1-15(16-9-11-17(12-10-16)22(29)27-13-6-14-27)25-19(20(23)24-2)21(28)26-18-7-4-3-5-8-18/h3-5,7-12H,1,6,13-14H2,2H3,(H2,23,24)(H,26,28). The molecule has 0 unspecified atom stereocenters. The van der Waals surface area contributed by atoms with Crippen molar-refractivity contribution in [1.29, 1.82) is 0 Å². The van der Waals surface area contributed by atoms with Gasteiger partial charge in [0.2, 0.25) is 0 Å². The van der Waals surface area contributed by atoms with Gasteiger partial charge in [-0.05, 0) is 36.2 Å². The highest BCUT2D eigenvalue weighted by Crippen LogP contribution is 2.18. The molecule has 2 aromatic rings. The van der Waals surface area contributed by atoms with E-state index in [1.54, 1.807) is 41.3 Å². The van der Waals surface area contributed by atoms with Crippen molar-refractivity contribution >= 4 is 34.7 Å². The average molecular weight is 389 g/mol. The van der Waals surface area contributed by atoms with Crippen molar-refractivity contribution in [2.45, 2.75) is 6.42 Å². The van der Waals surface area contributed by atoms with Crippen LogP contribution in [0.15, 0.2) is 71.2 Å². The van der Waals surface area contributed by atoms with E-state index < -0.39 is 5.91 Å². The Morgan fingerprint density at radius 3 is 2.21 bits per heavy atom. The van der Waals surface area contributed by atoms with Crippen molar-refractivity contribution in [2.24, 2.45) is 15.7 Å². The number of hydrogen-bond donors (Lipinski definition) is 2. The number of hydrogen-bond acceptors (Lipinski definition) is 4. The van der Waals surface area contributed by atoms with Gasteiger partial charge in [0, 0.05) is 31.4 Å². The third-order valence-electron chi connectivity index (χ3n) is 4.59. The van der Waals surface area contributed by atoms with Crippen LogP contribution in [0.25, 0.3) is 5.70 Å². The lowest BCUT2D eigenvalue weighted by Gasteiger charge is -2.30. The lowest BCUT2D eigenvalue weighted by atomic mass is 10.1. The second-order valence-corrected chi connectivity index (χ2v) is 6.56. The Morgan fingerprint density at radius 2 is 1.66 bits per heavy atom. The summed E-state index contributed by atoms with van der Waals surface area (Å²) in [7, 11) is 1.49. The van der Waals surface area contributed by atoms with Crippen molar-refractivity contribution in [3.63, 3.8) is 0 Å². The van der Waals surface area contributed by atoms with Gasteiger partial charge in [0.15, 0.2) is 5.71 Å². The summed E-state index contributed by atoms with van der Waals surface area (Å²) in [4.78, 5) is 34.9. The zero-order chi connectivity index (χ0) is 20.8. The summed E-state index contributed by atoms with van der Waals surface area (Å²) in [6, 6.07) is 16.0. The number of likely N-dealkylation sites (tertiary alicyclic amines) is 1. The number of para-hydroxylation sites is 1. The van der Waals surface area contributed by atoms with Crippen LogP contribution < -0.4 is 11.1 Å². The van der Waals surface area contributed by atoms with Gasteiger partial charge in [0.1, 0.15) is 5.84 Å². The third kappa shape index (κ3) is 4.76. The van der Waals surface area contributed by atoms with Crippen LogP contribution in [0.3, 0.4) is 0 Å². The van der Waals surface area contributed by atoms with Crippen molar-refractivity contribution in [1.82, 2.24) is 4.90 Å². The van der Waals surface area contributed by atoms with E-state index in [1.165, 1.54) is 7.05 Å². The molecule has 0 bridgehead atoms. The van der Waals surface area contributed by atoms with Gasteiger partial charge in [-0.2, -0.15) is 0 Å². The van der Waals surface area contributed by atoms with Crippen molar-refractivity contribution in [3.8, 4) is 0 Å². The van der Waals surface area contributed by atoms with Crippen molar-refractivity contribution in [2.75, 3.05) is 25.5 Å². The Labute approximate surface area is 169 Å². The fraction of sp³-hybridized carbons (Fsp3) is 0.182. The molecule has 0 aromatic heterocycles. The van der Waals surface area contributed by atoms with E-state index in [0.717, 1.165) is 19.5 Å². The Hall–Kier alpha value is -3.74. The fourth-order valence-corrected chi connectivity index (χ4v) is 2.75. The Kier molecular flexibility index (Phi) is 6.19. The van der Waals surface area contributed by atoms with Gasteiger partial charge in [-0.15, -0.1) is 0 Å². The van der Waals surface area contributed by atoms with Crippen LogP contribution in [0.5, 0.6) is 0 Å². The lowest BCUT2D eigenvalue weighted by Crippen LogP contribution is -2.41. The SMILES string of the molecule is C=C(N=C(C(=O)Nc1ccccc1)C(N)=NC)c1ccc(C(=O)N2CCC2)cc1. The Morgan fingerprint density at radius 1 is 1.03 bits per heavy atom. The number of nitrogens with one attached hydrogen (secondary N) is 1. The maximum Gasteiger partial charge on any atom is 0.278 e. The number of anilines is 1. The molecule has 3 N–H and O–H groups in total. The predicted molar refractivity (Wildman–Crippen MR) is 116 cm³/mol. The first kappa shape index (κ1) is 20.0. The van der Waals surface area contributed by atoms with Crippen LogP contribution in [-0.4, -0.2) is 48.4 Å². The first-order valence-corrected chi connectivity index (χ1v) is 9.26. The van der Waals surface area contributed by atoms with E-state index in [-0.39, 0.29) is 17.5 Å². The second kappa shape index (κ2) is 8.97. The van der Waals surface area contributed by atoms with E-state index in [1.807, 2.05) is 18.2 Å². The third-order valence-corrected chi connectivity index (χ3v) is 4.59. The van der Waals surface area contributed by atoms with Gasteiger partial charge in [-0.25, -0.2) is 4.99 Å². The number of rotatable bonds is 6. The molecule has 2 aromatic carbocycles. The molecule has 2 amide bonds. The minimum absolute atomic E-state index is 0.00385. The summed E-state index contributed by atoms with van der Waals surface area (Å²) in [5.74, 6) is -0.462. The van der Waals surface area contributed by atoms with E-state index >= 15 is 0 Å². The number of carbonyl (C=O) groups excluding carboxylic acids is 2. The number of carbonyl (C=O) groups is 2. The Balaban J connectivity index is 1.78. The molecule has 0 saturated carbocycles. The number of benzene rings is 2. The van der Waals surface area contributed by atoms with Crippen molar-refractivity contribution < 1.29 is 9.59 Å². The number of amidine groups is 1. The smallest absolute Gasteiger partial charge is 0.278 e. The summed E-state index contributed by atoms with van der Waals surface area (Å²) >= 11 is 0. The average Bonchev–Trinajstić information content (AvgIpc) is 2.70. The molecule has 148 valence electrons. The van der Waals surface area contributed by atoms with Gasteiger partial charge in [0.05, 0.1) is 5.70 Å². The highest BCUT2D eigenvalue weighted by molar-refractivity contribution is 6.68. The first-order chi connectivity index (χ1) is 14.0. The lowest BCUT2D eigenvalue weighted by molar-refractivity contribution is -0.110. The molecule has 1 aliphatic rings. The quantitative estimate of drug-likeness (QED) is 0.586. The van der Waals surface area contributed by atoms with Crippen LogP contribution in [0, 0.1) is 0 Å². The summed E-state index contributed by atoms with van der Waals surface area (Å²) in [5.41, 5.74) is 8.12. The minimum atomic E-state index is -0.481. The second-order valence-electron chi connectivity index (χ2n) is 6.56. The normalized spacial score (nSPS) is 14.2. The molecule has 1 heterocycles. The molecular formula is C22H23N5O2. The molecular weight excluding hydrogens is 366 g/mol. The molecule has 0 radical (unpaired) electrons. The molecule has 1 fully saturated rings. The highest BCUT2D eigenvalue weighted by atomic mass is 16.2. The summed E-state index contributed by atoms with van der Waals surface area (Å²) < 4.78 is 0. The molecule has 0 atom stereocenters. The monoisotopic (exact) mass is 389 g/mol. The van der Waals surface area contributed by atoms with Gasteiger partial charge in [0.25, 0.3) is 11.8 Å². The first-order valence-electron chi connectivity index (χ1n) is 9.26. The molecule has 7 nitrogen and oxygen atoms in total. The van der Waals surface area contributed by atoms with Crippen molar-refractivity contribution in [3.05, 3.63) is 72.3 Å². The van der Waals surface area contributed by atoms with Crippen LogP contribution in [-0.2, 0) is 4.79 Å². The number of amides is 2. The Bertz CT molecular complexity index is 974. The van der Waals surface area contributed by atoms with E-state index in [0.29, 0.717) is 22.5 Å². The van der Waals surface area contributed by atoms with Gasteiger partial charge in [-0.1, -0.05) is 36.9 Å². The molecule has 0 aliphatic carbocycles. The molecule has 1 saturated heterocycles. The molecule has 7 heteroatoms. The number of nitrogens with zero attached hydrogens (tertiary/aromatic N) is 3. The maximum absolute atomic E-state index is 12.6. The van der Waals surface area contributed by atoms with Crippen LogP contribution in [0.2, 0.25) is 0 Å². The largest absolute Gasteiger partial charge is 0.382 e. The summed E-state index contributed by atoms with van der Waals surface area (Å²) in [6.45, 7) is 5.53. The zero-order valence-corrected chi connectivity index (χ0v) is 16.3. The number of nitrogens with two attached hydrogens (primary N) is 1. The highest BCUT2D eigenvalue weighted by Gasteiger charge is 2.21. The molecule has 0 spiro atoms. The van der Waals surface area contributed by atoms with E-state index in [2.05, 4.69) is 21.9 Å². The van der Waals surface area contributed by atoms with E-state index in [9.17, 15) is 9.59 Å². The minimum Gasteiger partial charge on any atom is -0.382 e. The predicted octanol–water partition coefficient (Wildman–Crippen LogP) is 2.57. The molecule has 29 heavy (non-hydrogen) atoms. The van der Waals surface area contributed by atoms with Crippen LogP contribution in [0.4, 0.5) is 5.69 Å².